The minimum atomic E-state index is -0.000714. The molecule has 152 valence electrons. The standard InChI is InChI=1S/C21H27N7O/c22-14-18-19(24-15-16-6-7-16)25-21(23-8-13-29)26-20(18)28-11-9-27(10-12-28)17-4-2-1-3-5-17/h1-5,16,29H,6-13,15H2,(H2,23,24,25,26). The van der Waals surface area contributed by atoms with Gasteiger partial charge in [-0.15, -0.1) is 0 Å². The Morgan fingerprint density at radius 3 is 2.41 bits per heavy atom. The lowest BCUT2D eigenvalue weighted by atomic mass is 10.2. The van der Waals surface area contributed by atoms with Crippen molar-refractivity contribution < 1.29 is 5.11 Å². The SMILES string of the molecule is N#Cc1c(NCC2CC2)nc(NCCO)nc1N1CCN(c2ccccc2)CC1. The van der Waals surface area contributed by atoms with Gasteiger partial charge in [0.2, 0.25) is 5.95 Å². The highest BCUT2D eigenvalue weighted by Gasteiger charge is 2.26. The van der Waals surface area contributed by atoms with E-state index in [2.05, 4.69) is 60.7 Å². The number of rotatable bonds is 8. The first-order chi connectivity index (χ1) is 14.3. The third-order valence-corrected chi connectivity index (χ3v) is 5.35. The molecule has 0 spiro atoms. The fourth-order valence-corrected chi connectivity index (χ4v) is 3.53. The van der Waals surface area contributed by atoms with Crippen LogP contribution in [0.2, 0.25) is 0 Å². The number of nitrogens with zero attached hydrogens (tertiary/aromatic N) is 5. The van der Waals surface area contributed by atoms with Gasteiger partial charge in [0.1, 0.15) is 11.6 Å². The monoisotopic (exact) mass is 393 g/mol. The van der Waals surface area contributed by atoms with E-state index in [0.717, 1.165) is 32.7 Å². The molecule has 8 nitrogen and oxygen atoms in total. The average Bonchev–Trinajstić information content (AvgIpc) is 3.61. The van der Waals surface area contributed by atoms with E-state index in [1.54, 1.807) is 0 Å². The molecule has 1 aliphatic carbocycles. The molecule has 1 aromatic carbocycles. The summed E-state index contributed by atoms with van der Waals surface area (Å²) in [6, 6.07) is 12.7. The Morgan fingerprint density at radius 2 is 1.76 bits per heavy atom. The summed E-state index contributed by atoms with van der Waals surface area (Å²) >= 11 is 0. The summed E-state index contributed by atoms with van der Waals surface area (Å²) in [5.74, 6) is 2.35. The summed E-state index contributed by atoms with van der Waals surface area (Å²) in [6.07, 6.45) is 2.45. The van der Waals surface area contributed by atoms with Gasteiger partial charge in [0.05, 0.1) is 6.61 Å². The number of piperazine rings is 1. The molecule has 1 aliphatic heterocycles. The van der Waals surface area contributed by atoms with Gasteiger partial charge in [0, 0.05) is 45.0 Å². The van der Waals surface area contributed by atoms with Crippen molar-refractivity contribution in [2.75, 3.05) is 66.3 Å². The number of aliphatic hydroxyl groups excluding tert-OH is 1. The molecule has 29 heavy (non-hydrogen) atoms. The van der Waals surface area contributed by atoms with Crippen LogP contribution >= 0.6 is 0 Å². The number of aromatic nitrogens is 2. The highest BCUT2D eigenvalue weighted by atomic mass is 16.3. The van der Waals surface area contributed by atoms with Gasteiger partial charge in [-0.1, -0.05) is 18.2 Å². The van der Waals surface area contributed by atoms with E-state index in [9.17, 15) is 5.26 Å². The summed E-state index contributed by atoms with van der Waals surface area (Å²) in [4.78, 5) is 13.6. The molecule has 1 aromatic heterocycles. The molecule has 2 fully saturated rings. The lowest BCUT2D eigenvalue weighted by Crippen LogP contribution is -2.47. The second kappa shape index (κ2) is 8.97. The first-order valence-corrected chi connectivity index (χ1v) is 10.2. The fraction of sp³-hybridized carbons (Fsp3) is 0.476. The molecule has 3 N–H and O–H groups in total. The first kappa shape index (κ1) is 19.3. The van der Waals surface area contributed by atoms with Gasteiger partial charge >= 0.3 is 0 Å². The Labute approximate surface area is 171 Å². The summed E-state index contributed by atoms with van der Waals surface area (Å²) in [6.45, 7) is 4.48. The van der Waals surface area contributed by atoms with Crippen LogP contribution < -0.4 is 20.4 Å². The number of benzene rings is 1. The summed E-state index contributed by atoms with van der Waals surface area (Å²) in [7, 11) is 0. The number of para-hydroxylation sites is 1. The topological polar surface area (TPSA) is 100 Å². The molecular weight excluding hydrogens is 366 g/mol. The fourth-order valence-electron chi connectivity index (χ4n) is 3.53. The molecule has 0 radical (unpaired) electrons. The Balaban J connectivity index is 1.54. The van der Waals surface area contributed by atoms with Crippen molar-refractivity contribution in [3.05, 3.63) is 35.9 Å². The molecule has 0 unspecified atom stereocenters. The van der Waals surface area contributed by atoms with Crippen molar-refractivity contribution in [1.82, 2.24) is 9.97 Å². The molecule has 0 atom stereocenters. The average molecular weight is 393 g/mol. The zero-order valence-corrected chi connectivity index (χ0v) is 16.5. The second-order valence-corrected chi connectivity index (χ2v) is 7.49. The quantitative estimate of drug-likeness (QED) is 0.625. The largest absolute Gasteiger partial charge is 0.395 e. The molecule has 0 amide bonds. The maximum atomic E-state index is 9.84. The van der Waals surface area contributed by atoms with E-state index >= 15 is 0 Å². The summed E-state index contributed by atoms with van der Waals surface area (Å²) in [5.41, 5.74) is 1.71. The van der Waals surface area contributed by atoms with E-state index < -0.39 is 0 Å². The van der Waals surface area contributed by atoms with E-state index in [0.29, 0.717) is 35.6 Å². The molecule has 2 aromatic rings. The number of nitriles is 1. The van der Waals surface area contributed by atoms with Crippen molar-refractivity contribution >= 4 is 23.3 Å². The van der Waals surface area contributed by atoms with Crippen molar-refractivity contribution in [1.29, 1.82) is 5.26 Å². The number of anilines is 4. The van der Waals surface area contributed by atoms with Gasteiger partial charge in [-0.3, -0.25) is 0 Å². The maximum Gasteiger partial charge on any atom is 0.226 e. The zero-order valence-electron chi connectivity index (χ0n) is 16.5. The third-order valence-electron chi connectivity index (χ3n) is 5.35. The number of nitrogens with one attached hydrogen (secondary N) is 2. The Kier molecular flexibility index (Phi) is 5.96. The smallest absolute Gasteiger partial charge is 0.226 e. The minimum absolute atomic E-state index is 0.000714. The normalized spacial score (nSPS) is 16.4. The molecular formula is C21H27N7O. The van der Waals surface area contributed by atoms with Crippen LogP contribution in [0, 0.1) is 17.2 Å². The van der Waals surface area contributed by atoms with Crippen molar-refractivity contribution in [3.8, 4) is 6.07 Å². The van der Waals surface area contributed by atoms with E-state index in [4.69, 9.17) is 5.11 Å². The van der Waals surface area contributed by atoms with Gasteiger partial charge in [-0.2, -0.15) is 15.2 Å². The van der Waals surface area contributed by atoms with Crippen molar-refractivity contribution in [2.24, 2.45) is 5.92 Å². The predicted molar refractivity (Wildman–Crippen MR) is 114 cm³/mol. The molecule has 1 saturated carbocycles. The zero-order chi connectivity index (χ0) is 20.1. The second-order valence-electron chi connectivity index (χ2n) is 7.49. The van der Waals surface area contributed by atoms with Crippen LogP contribution in [0.25, 0.3) is 0 Å². The molecule has 1 saturated heterocycles. The van der Waals surface area contributed by atoms with Crippen molar-refractivity contribution in [3.63, 3.8) is 0 Å². The van der Waals surface area contributed by atoms with E-state index in [-0.39, 0.29) is 6.61 Å². The van der Waals surface area contributed by atoms with Gasteiger partial charge in [-0.25, -0.2) is 0 Å². The van der Waals surface area contributed by atoms with Gasteiger partial charge < -0.3 is 25.5 Å². The van der Waals surface area contributed by atoms with Crippen molar-refractivity contribution in [2.45, 2.75) is 12.8 Å². The lowest BCUT2D eigenvalue weighted by Gasteiger charge is -2.37. The Morgan fingerprint density at radius 1 is 1.03 bits per heavy atom. The summed E-state index contributed by atoms with van der Waals surface area (Å²) < 4.78 is 0. The van der Waals surface area contributed by atoms with Crippen LogP contribution in [0.3, 0.4) is 0 Å². The molecule has 2 aliphatic rings. The van der Waals surface area contributed by atoms with Crippen LogP contribution in [-0.2, 0) is 0 Å². The number of hydrogen-bond acceptors (Lipinski definition) is 8. The number of hydrogen-bond donors (Lipinski definition) is 3. The summed E-state index contributed by atoms with van der Waals surface area (Å²) in [5, 5.41) is 25.4. The maximum absolute atomic E-state index is 9.84. The van der Waals surface area contributed by atoms with Crippen LogP contribution in [0.1, 0.15) is 18.4 Å². The Bertz CT molecular complexity index is 855. The van der Waals surface area contributed by atoms with Gasteiger partial charge in [-0.05, 0) is 30.9 Å². The van der Waals surface area contributed by atoms with E-state index in [1.165, 1.54) is 18.5 Å². The minimum Gasteiger partial charge on any atom is -0.395 e. The Hall–Kier alpha value is -3.05. The van der Waals surface area contributed by atoms with Crippen LogP contribution in [0.5, 0.6) is 0 Å². The highest BCUT2D eigenvalue weighted by molar-refractivity contribution is 5.68. The molecule has 2 heterocycles. The third kappa shape index (κ3) is 4.69. The molecule has 0 bridgehead atoms. The van der Waals surface area contributed by atoms with Crippen LogP contribution in [-0.4, -0.2) is 60.9 Å². The predicted octanol–water partition coefficient (Wildman–Crippen LogP) is 1.90. The van der Waals surface area contributed by atoms with Crippen LogP contribution in [0.15, 0.2) is 30.3 Å². The first-order valence-electron chi connectivity index (χ1n) is 10.2. The highest BCUT2D eigenvalue weighted by Crippen LogP contribution is 2.31. The number of aliphatic hydroxyl groups is 1. The van der Waals surface area contributed by atoms with Gasteiger partial charge in [0.15, 0.2) is 11.6 Å². The van der Waals surface area contributed by atoms with E-state index in [1.807, 2.05) is 6.07 Å². The lowest BCUT2D eigenvalue weighted by molar-refractivity contribution is 0.311. The van der Waals surface area contributed by atoms with Gasteiger partial charge in [0.25, 0.3) is 0 Å². The molecule has 4 rings (SSSR count). The molecule has 8 heteroatoms. The van der Waals surface area contributed by atoms with Crippen LogP contribution in [0.4, 0.5) is 23.3 Å².